The van der Waals surface area contributed by atoms with Crippen LogP contribution in [0, 0.1) is 5.92 Å². The van der Waals surface area contributed by atoms with Crippen molar-refractivity contribution in [1.82, 2.24) is 15.2 Å². The van der Waals surface area contributed by atoms with Crippen LogP contribution in [-0.4, -0.2) is 54.1 Å². The zero-order chi connectivity index (χ0) is 21.1. The molecule has 3 N–H and O–H groups in total. The molecule has 0 radical (unpaired) electrons. The Balaban J connectivity index is 1.54. The average molecular weight is 437 g/mol. The molecule has 1 saturated heterocycles. The van der Waals surface area contributed by atoms with E-state index >= 15 is 0 Å². The summed E-state index contributed by atoms with van der Waals surface area (Å²) in [5.41, 5.74) is 3.13. The highest BCUT2D eigenvalue weighted by Crippen LogP contribution is 2.36. The first-order valence-corrected chi connectivity index (χ1v) is 11.0. The third kappa shape index (κ3) is 4.72. The van der Waals surface area contributed by atoms with Gasteiger partial charge in [-0.15, -0.1) is 0 Å². The molecule has 0 aliphatic carbocycles. The molecule has 4 rings (SSSR count). The minimum atomic E-state index is -0.865. The molecule has 30 heavy (non-hydrogen) atoms. The van der Waals surface area contributed by atoms with Gasteiger partial charge >= 0.3 is 5.97 Å². The van der Waals surface area contributed by atoms with E-state index in [1.165, 1.54) is 7.11 Å². The van der Waals surface area contributed by atoms with Crippen molar-refractivity contribution in [1.29, 1.82) is 0 Å². The first-order valence-electron chi connectivity index (χ1n) is 10.6. The summed E-state index contributed by atoms with van der Waals surface area (Å²) < 4.78 is 11.0. The number of aryl methyl sites for hydroxylation is 1. The number of methoxy groups -OCH3 is 1. The van der Waals surface area contributed by atoms with Crippen LogP contribution in [0.4, 0.5) is 5.69 Å². The summed E-state index contributed by atoms with van der Waals surface area (Å²) in [6.07, 6.45) is 4.58. The molecule has 2 aromatic rings. The maximum Gasteiger partial charge on any atom is 0.308 e. The second-order valence-corrected chi connectivity index (χ2v) is 8.46. The van der Waals surface area contributed by atoms with Crippen LogP contribution < -0.4 is 10.6 Å². The van der Waals surface area contributed by atoms with E-state index in [1.54, 1.807) is 6.07 Å². The molecule has 8 nitrogen and oxygen atoms in total. The lowest BCUT2D eigenvalue weighted by Gasteiger charge is -2.29. The zero-order valence-electron chi connectivity index (χ0n) is 17.2. The fourth-order valence-electron chi connectivity index (χ4n) is 4.32. The van der Waals surface area contributed by atoms with Crippen molar-refractivity contribution < 1.29 is 19.1 Å². The first kappa shape index (κ1) is 21.4. The van der Waals surface area contributed by atoms with E-state index in [0.717, 1.165) is 74.8 Å². The molecule has 1 unspecified atom stereocenters. The maximum absolute atomic E-state index is 11.7. The standard InChI is InChI=1S/C21H29ClN4O4/c1-29-20(27)13-6-9-26(10-7-13)12-17-24-16-11-15(22)18-14(19(16)30-17)5-3-2-4-8-23-21(28)25-18/h11,13,21,23,25,28H,2-10,12H2,1H3. The highest BCUT2D eigenvalue weighted by atomic mass is 35.5. The number of fused-ring (bicyclic) bond motifs is 3. The fourth-order valence-corrected chi connectivity index (χ4v) is 4.59. The van der Waals surface area contributed by atoms with Crippen LogP contribution in [0.15, 0.2) is 10.5 Å². The number of anilines is 1. The van der Waals surface area contributed by atoms with Gasteiger partial charge in [-0.2, -0.15) is 0 Å². The number of aromatic nitrogens is 1. The van der Waals surface area contributed by atoms with Gasteiger partial charge in [-0.3, -0.25) is 15.0 Å². The Labute approximate surface area is 180 Å². The Hall–Kier alpha value is -1.87. The number of hydrogen-bond donors (Lipinski definition) is 3. The van der Waals surface area contributed by atoms with E-state index in [4.69, 9.17) is 20.8 Å². The van der Waals surface area contributed by atoms with Gasteiger partial charge in [0.15, 0.2) is 11.9 Å². The molecule has 1 aromatic carbocycles. The van der Waals surface area contributed by atoms with Crippen LogP contribution >= 0.6 is 11.6 Å². The fraction of sp³-hybridized carbons (Fsp3) is 0.619. The van der Waals surface area contributed by atoms with Crippen LogP contribution in [0.3, 0.4) is 0 Å². The average Bonchev–Trinajstić information content (AvgIpc) is 3.14. The Kier molecular flexibility index (Phi) is 6.77. The van der Waals surface area contributed by atoms with E-state index in [1.807, 2.05) is 0 Å². The number of carbonyl (C=O) groups excluding carboxylic acids is 1. The largest absolute Gasteiger partial charge is 0.469 e. The van der Waals surface area contributed by atoms with Gasteiger partial charge in [-0.05, 0) is 57.8 Å². The summed E-state index contributed by atoms with van der Waals surface area (Å²) in [7, 11) is 1.44. The van der Waals surface area contributed by atoms with Crippen LogP contribution in [-0.2, 0) is 22.5 Å². The Morgan fingerprint density at radius 1 is 1.37 bits per heavy atom. The lowest BCUT2D eigenvalue weighted by atomic mass is 9.97. The zero-order valence-corrected chi connectivity index (χ0v) is 18.0. The normalized spacial score (nSPS) is 21.8. The van der Waals surface area contributed by atoms with Crippen LogP contribution in [0.25, 0.3) is 11.1 Å². The summed E-state index contributed by atoms with van der Waals surface area (Å²) >= 11 is 6.53. The van der Waals surface area contributed by atoms with Gasteiger partial charge < -0.3 is 19.6 Å². The molecule has 0 saturated carbocycles. The van der Waals surface area contributed by atoms with Crippen molar-refractivity contribution in [3.05, 3.63) is 22.5 Å². The van der Waals surface area contributed by atoms with Gasteiger partial charge in [0.1, 0.15) is 5.52 Å². The summed E-state index contributed by atoms with van der Waals surface area (Å²) in [6, 6.07) is 1.79. The smallest absolute Gasteiger partial charge is 0.308 e. The number of halogens is 1. The number of likely N-dealkylation sites (tertiary alicyclic amines) is 1. The number of rotatable bonds is 3. The van der Waals surface area contributed by atoms with Crippen molar-refractivity contribution in [2.45, 2.75) is 51.4 Å². The molecule has 9 heteroatoms. The topological polar surface area (TPSA) is 99.9 Å². The molecular formula is C21H29ClN4O4. The third-order valence-corrected chi connectivity index (χ3v) is 6.28. The van der Waals surface area contributed by atoms with Crippen molar-refractivity contribution in [2.75, 3.05) is 32.1 Å². The summed E-state index contributed by atoms with van der Waals surface area (Å²) in [6.45, 7) is 2.95. The first-order chi connectivity index (χ1) is 14.5. The molecule has 1 atom stereocenters. The molecule has 2 aliphatic rings. The molecule has 3 heterocycles. The van der Waals surface area contributed by atoms with E-state index in [2.05, 4.69) is 20.5 Å². The van der Waals surface area contributed by atoms with E-state index in [9.17, 15) is 9.90 Å². The van der Waals surface area contributed by atoms with Crippen LogP contribution in [0.1, 0.15) is 43.6 Å². The lowest BCUT2D eigenvalue weighted by molar-refractivity contribution is -0.147. The number of piperidine rings is 1. The van der Waals surface area contributed by atoms with E-state index < -0.39 is 6.35 Å². The van der Waals surface area contributed by atoms with Crippen molar-refractivity contribution in [3.63, 3.8) is 0 Å². The molecule has 2 aliphatic heterocycles. The second-order valence-electron chi connectivity index (χ2n) is 8.05. The molecular weight excluding hydrogens is 408 g/mol. The van der Waals surface area contributed by atoms with Crippen molar-refractivity contribution >= 4 is 34.4 Å². The molecule has 1 fully saturated rings. The molecule has 0 bridgehead atoms. The summed E-state index contributed by atoms with van der Waals surface area (Å²) in [5, 5.41) is 16.8. The number of esters is 1. The SMILES string of the molecule is COC(=O)C1CCN(Cc2nc3cc(Cl)c4c(c3o2)CCCCCNC(O)N4)CC1. The van der Waals surface area contributed by atoms with Gasteiger partial charge in [0.05, 0.1) is 30.3 Å². The molecule has 0 spiro atoms. The van der Waals surface area contributed by atoms with Crippen molar-refractivity contribution in [3.8, 4) is 0 Å². The molecule has 1 aromatic heterocycles. The van der Waals surface area contributed by atoms with E-state index in [-0.39, 0.29) is 11.9 Å². The van der Waals surface area contributed by atoms with Gasteiger partial charge in [-0.25, -0.2) is 4.98 Å². The molecule has 0 amide bonds. The van der Waals surface area contributed by atoms with E-state index in [0.29, 0.717) is 23.1 Å². The number of hydrogen-bond acceptors (Lipinski definition) is 8. The number of oxazole rings is 1. The number of carbonyl (C=O) groups is 1. The number of benzene rings is 1. The number of aliphatic hydroxyl groups is 1. The number of aliphatic hydroxyl groups excluding tert-OH is 1. The summed E-state index contributed by atoms with van der Waals surface area (Å²) in [4.78, 5) is 18.6. The monoisotopic (exact) mass is 436 g/mol. The highest BCUT2D eigenvalue weighted by molar-refractivity contribution is 6.34. The maximum atomic E-state index is 11.7. The Morgan fingerprint density at radius 2 is 2.17 bits per heavy atom. The number of ether oxygens (including phenoxy) is 1. The van der Waals surface area contributed by atoms with Crippen molar-refractivity contribution in [2.24, 2.45) is 5.92 Å². The Morgan fingerprint density at radius 3 is 2.93 bits per heavy atom. The highest BCUT2D eigenvalue weighted by Gasteiger charge is 2.27. The van der Waals surface area contributed by atoms with Gasteiger partial charge in [0.25, 0.3) is 0 Å². The van der Waals surface area contributed by atoms with Crippen LogP contribution in [0.5, 0.6) is 0 Å². The minimum Gasteiger partial charge on any atom is -0.469 e. The Bertz CT molecular complexity index is 895. The quantitative estimate of drug-likeness (QED) is 0.631. The number of nitrogens with zero attached hydrogens (tertiary/aromatic N) is 2. The minimum absolute atomic E-state index is 0.0208. The predicted octanol–water partition coefficient (Wildman–Crippen LogP) is 2.87. The van der Waals surface area contributed by atoms with Gasteiger partial charge in [0.2, 0.25) is 5.89 Å². The summed E-state index contributed by atoms with van der Waals surface area (Å²) in [5.74, 6) is 0.495. The number of nitrogens with one attached hydrogen (secondary N) is 2. The third-order valence-electron chi connectivity index (χ3n) is 5.98. The predicted molar refractivity (Wildman–Crippen MR) is 114 cm³/mol. The van der Waals surface area contributed by atoms with Gasteiger partial charge in [-0.1, -0.05) is 18.0 Å². The lowest BCUT2D eigenvalue weighted by Crippen LogP contribution is -2.37. The van der Waals surface area contributed by atoms with Gasteiger partial charge in [0, 0.05) is 5.56 Å². The molecule has 164 valence electrons. The second kappa shape index (κ2) is 9.51. The van der Waals surface area contributed by atoms with Crippen LogP contribution in [0.2, 0.25) is 5.02 Å².